The Labute approximate surface area is 120 Å². The van der Waals surface area contributed by atoms with Gasteiger partial charge in [0.25, 0.3) is 0 Å². The van der Waals surface area contributed by atoms with E-state index >= 15 is 0 Å². The third-order valence-electron chi connectivity index (χ3n) is 3.58. The fourth-order valence-electron chi connectivity index (χ4n) is 2.23. The third-order valence-corrected chi connectivity index (χ3v) is 3.58. The van der Waals surface area contributed by atoms with Gasteiger partial charge in [0, 0.05) is 19.6 Å². The number of nitrogens with zero attached hydrogens (tertiary/aromatic N) is 1. The maximum absolute atomic E-state index is 12.3. The van der Waals surface area contributed by atoms with Crippen LogP contribution in [0.25, 0.3) is 0 Å². The van der Waals surface area contributed by atoms with E-state index in [2.05, 4.69) is 0 Å². The first-order valence-corrected chi connectivity index (χ1v) is 6.24. The molecule has 1 aromatic rings. The van der Waals surface area contributed by atoms with Crippen LogP contribution in [0, 0.1) is 5.41 Å². The number of phenols is 1. The van der Waals surface area contributed by atoms with Crippen molar-refractivity contribution in [3.05, 3.63) is 29.3 Å². The summed E-state index contributed by atoms with van der Waals surface area (Å²) in [5.41, 5.74) is 7.37. The number of nitrogens with two attached hydrogens (primary N) is 1. The molecule has 1 heterocycles. The molecule has 3 N–H and O–H groups in total. The maximum atomic E-state index is 12.3. The van der Waals surface area contributed by atoms with Crippen molar-refractivity contribution in [2.75, 3.05) is 13.1 Å². The van der Waals surface area contributed by atoms with Gasteiger partial charge >= 0.3 is 0 Å². The van der Waals surface area contributed by atoms with Crippen LogP contribution in [0.1, 0.15) is 25.0 Å². The molecule has 1 aliphatic rings. The predicted molar refractivity (Wildman–Crippen MR) is 77.3 cm³/mol. The molecule has 1 aromatic carbocycles. The molecule has 2 rings (SSSR count). The lowest BCUT2D eigenvalue weighted by molar-refractivity contribution is -0.140. The SMILES string of the molecule is CC(C)(CN)C(=O)N1CCc2ccc(O)cc2C1.Cl. The molecule has 0 saturated heterocycles. The molecule has 106 valence electrons. The van der Waals surface area contributed by atoms with Gasteiger partial charge in [0.2, 0.25) is 5.91 Å². The number of aromatic hydroxyl groups is 1. The molecule has 0 fully saturated rings. The Morgan fingerprint density at radius 1 is 1.42 bits per heavy atom. The molecular formula is C14H21ClN2O2. The molecule has 1 aliphatic heterocycles. The zero-order chi connectivity index (χ0) is 13.3. The van der Waals surface area contributed by atoms with Crippen molar-refractivity contribution in [2.45, 2.75) is 26.8 Å². The quantitative estimate of drug-likeness (QED) is 0.868. The topological polar surface area (TPSA) is 66.6 Å². The Morgan fingerprint density at radius 2 is 2.11 bits per heavy atom. The highest BCUT2D eigenvalue weighted by molar-refractivity contribution is 5.85. The minimum Gasteiger partial charge on any atom is -0.508 e. The van der Waals surface area contributed by atoms with E-state index in [4.69, 9.17) is 5.73 Å². The van der Waals surface area contributed by atoms with Gasteiger partial charge in [-0.2, -0.15) is 0 Å². The Balaban J connectivity index is 0.00000180. The lowest BCUT2D eigenvalue weighted by Crippen LogP contribution is -2.46. The van der Waals surface area contributed by atoms with E-state index in [1.807, 2.05) is 24.8 Å². The average Bonchev–Trinajstić information content (AvgIpc) is 2.36. The number of rotatable bonds is 2. The first kappa shape index (κ1) is 15.8. The second-order valence-electron chi connectivity index (χ2n) is 5.52. The number of carbonyl (C=O) groups is 1. The third kappa shape index (κ3) is 3.19. The number of phenolic OH excluding ortho intramolecular Hbond substituents is 1. The minimum absolute atomic E-state index is 0. The van der Waals surface area contributed by atoms with Crippen LogP contribution >= 0.6 is 12.4 Å². The Bertz CT molecular complexity index is 475. The maximum Gasteiger partial charge on any atom is 0.229 e. The molecule has 0 atom stereocenters. The molecule has 0 radical (unpaired) electrons. The van der Waals surface area contributed by atoms with Crippen molar-refractivity contribution in [1.82, 2.24) is 4.90 Å². The molecule has 4 nitrogen and oxygen atoms in total. The summed E-state index contributed by atoms with van der Waals surface area (Å²) < 4.78 is 0. The zero-order valence-corrected chi connectivity index (χ0v) is 12.2. The Kier molecular flexibility index (Phi) is 4.82. The van der Waals surface area contributed by atoms with E-state index < -0.39 is 5.41 Å². The molecule has 5 heteroatoms. The summed E-state index contributed by atoms with van der Waals surface area (Å²) in [5, 5.41) is 9.50. The normalized spacial score (nSPS) is 14.6. The van der Waals surface area contributed by atoms with Crippen LogP contribution in [0.3, 0.4) is 0 Å². The molecule has 1 amide bonds. The summed E-state index contributed by atoms with van der Waals surface area (Å²) in [4.78, 5) is 14.2. The molecule has 0 aliphatic carbocycles. The van der Waals surface area contributed by atoms with Crippen LogP contribution in [0.4, 0.5) is 0 Å². The lowest BCUT2D eigenvalue weighted by Gasteiger charge is -2.34. The Morgan fingerprint density at radius 3 is 2.74 bits per heavy atom. The van der Waals surface area contributed by atoms with Crippen LogP contribution in [-0.4, -0.2) is 29.0 Å². The van der Waals surface area contributed by atoms with Crippen LogP contribution in [-0.2, 0) is 17.8 Å². The molecule has 0 saturated carbocycles. The van der Waals surface area contributed by atoms with Gasteiger partial charge in [0.05, 0.1) is 5.41 Å². The second kappa shape index (κ2) is 5.80. The van der Waals surface area contributed by atoms with Gasteiger partial charge in [-0.3, -0.25) is 4.79 Å². The summed E-state index contributed by atoms with van der Waals surface area (Å²) >= 11 is 0. The van der Waals surface area contributed by atoms with Crippen LogP contribution < -0.4 is 5.73 Å². The van der Waals surface area contributed by atoms with Crippen molar-refractivity contribution in [3.8, 4) is 5.75 Å². The number of carbonyl (C=O) groups excluding carboxylic acids is 1. The van der Waals surface area contributed by atoms with Crippen molar-refractivity contribution < 1.29 is 9.90 Å². The predicted octanol–water partition coefficient (Wildman–Crippen LogP) is 1.68. The fourth-order valence-corrected chi connectivity index (χ4v) is 2.23. The molecule has 19 heavy (non-hydrogen) atoms. The largest absolute Gasteiger partial charge is 0.508 e. The van der Waals surface area contributed by atoms with Gasteiger partial charge in [-0.05, 0) is 43.5 Å². The highest BCUT2D eigenvalue weighted by Gasteiger charge is 2.32. The number of fused-ring (bicyclic) bond motifs is 1. The highest BCUT2D eigenvalue weighted by Crippen LogP contribution is 2.26. The standard InChI is InChI=1S/C14H20N2O2.ClH/c1-14(2,9-15)13(18)16-6-5-10-3-4-12(17)7-11(10)8-16;/h3-4,7,17H,5-6,8-9,15H2,1-2H3;1H. The van der Waals surface area contributed by atoms with Crippen LogP contribution in [0.5, 0.6) is 5.75 Å². The minimum atomic E-state index is -0.520. The van der Waals surface area contributed by atoms with Crippen molar-refractivity contribution in [3.63, 3.8) is 0 Å². The summed E-state index contributed by atoms with van der Waals surface area (Å²) in [5.74, 6) is 0.333. The smallest absolute Gasteiger partial charge is 0.229 e. The highest BCUT2D eigenvalue weighted by atomic mass is 35.5. The number of hydrogen-bond acceptors (Lipinski definition) is 3. The van der Waals surface area contributed by atoms with Crippen LogP contribution in [0.2, 0.25) is 0 Å². The molecule has 0 aromatic heterocycles. The van der Waals surface area contributed by atoms with Crippen molar-refractivity contribution in [2.24, 2.45) is 11.1 Å². The molecular weight excluding hydrogens is 264 g/mol. The fraction of sp³-hybridized carbons (Fsp3) is 0.500. The van der Waals surface area contributed by atoms with Crippen LogP contribution in [0.15, 0.2) is 18.2 Å². The van der Waals surface area contributed by atoms with E-state index in [1.165, 1.54) is 5.56 Å². The van der Waals surface area contributed by atoms with E-state index in [1.54, 1.807) is 12.1 Å². The summed E-state index contributed by atoms with van der Waals surface area (Å²) in [7, 11) is 0. The van der Waals surface area contributed by atoms with Crippen molar-refractivity contribution >= 4 is 18.3 Å². The second-order valence-corrected chi connectivity index (χ2v) is 5.52. The lowest BCUT2D eigenvalue weighted by atomic mass is 9.90. The van der Waals surface area contributed by atoms with E-state index in [0.717, 1.165) is 18.5 Å². The molecule has 0 bridgehead atoms. The summed E-state index contributed by atoms with van der Waals surface area (Å²) in [6.07, 6.45) is 0.835. The van der Waals surface area contributed by atoms with Gasteiger partial charge in [-0.25, -0.2) is 0 Å². The first-order valence-electron chi connectivity index (χ1n) is 6.24. The summed E-state index contributed by atoms with van der Waals surface area (Å²) in [6.45, 7) is 5.36. The van der Waals surface area contributed by atoms with Gasteiger partial charge in [0.15, 0.2) is 0 Å². The number of halogens is 1. The van der Waals surface area contributed by atoms with Gasteiger partial charge in [-0.15, -0.1) is 12.4 Å². The molecule has 0 unspecified atom stereocenters. The average molecular weight is 285 g/mol. The summed E-state index contributed by atoms with van der Waals surface area (Å²) in [6, 6.07) is 5.37. The van der Waals surface area contributed by atoms with E-state index in [-0.39, 0.29) is 24.1 Å². The first-order chi connectivity index (χ1) is 8.44. The number of benzene rings is 1. The zero-order valence-electron chi connectivity index (χ0n) is 11.3. The number of hydrogen-bond donors (Lipinski definition) is 2. The van der Waals surface area contributed by atoms with Gasteiger partial charge in [-0.1, -0.05) is 6.07 Å². The Hall–Kier alpha value is -1.26. The van der Waals surface area contributed by atoms with E-state index in [0.29, 0.717) is 13.1 Å². The van der Waals surface area contributed by atoms with E-state index in [9.17, 15) is 9.90 Å². The van der Waals surface area contributed by atoms with Gasteiger partial charge < -0.3 is 15.7 Å². The molecule has 0 spiro atoms. The number of amides is 1. The van der Waals surface area contributed by atoms with Crippen molar-refractivity contribution in [1.29, 1.82) is 0 Å². The van der Waals surface area contributed by atoms with Gasteiger partial charge in [0.1, 0.15) is 5.75 Å². The monoisotopic (exact) mass is 284 g/mol.